The average molecular weight is 405 g/mol. The molecule has 0 saturated heterocycles. The van der Waals surface area contributed by atoms with E-state index in [1.807, 2.05) is 36.8 Å². The highest BCUT2D eigenvalue weighted by Crippen LogP contribution is 2.37. The van der Waals surface area contributed by atoms with Gasteiger partial charge >= 0.3 is 5.97 Å². The summed E-state index contributed by atoms with van der Waals surface area (Å²) in [6.45, 7) is 2.88. The average Bonchev–Trinajstić information content (AvgIpc) is 3.04. The molecule has 3 rings (SSSR count). The number of hydrogen-bond donors (Lipinski definition) is 1. The molecule has 0 bridgehead atoms. The largest absolute Gasteiger partial charge is 0.465 e. The number of anilines is 1. The highest BCUT2D eigenvalue weighted by atomic mass is 32.1. The molecule has 2 aromatic rings. The van der Waals surface area contributed by atoms with E-state index >= 15 is 0 Å². The van der Waals surface area contributed by atoms with Crippen LogP contribution in [-0.4, -0.2) is 47.3 Å². The van der Waals surface area contributed by atoms with Crippen molar-refractivity contribution in [2.45, 2.75) is 45.6 Å². The van der Waals surface area contributed by atoms with Gasteiger partial charge in [0.25, 0.3) is 0 Å². The van der Waals surface area contributed by atoms with Crippen LogP contribution in [0.25, 0.3) is 0 Å². The summed E-state index contributed by atoms with van der Waals surface area (Å²) in [7, 11) is 5.19. The number of nitrogens with one attached hydrogen (secondary N) is 1. The predicted molar refractivity (Wildman–Crippen MR) is 110 cm³/mol. The molecule has 28 heavy (non-hydrogen) atoms. The Morgan fingerprint density at radius 3 is 2.75 bits per heavy atom. The minimum absolute atomic E-state index is 0.134. The van der Waals surface area contributed by atoms with Gasteiger partial charge in [-0.1, -0.05) is 6.42 Å². The van der Waals surface area contributed by atoms with Crippen LogP contribution in [0.1, 0.15) is 51.3 Å². The summed E-state index contributed by atoms with van der Waals surface area (Å²) in [5, 5.41) is 7.82. The Morgan fingerprint density at radius 1 is 1.32 bits per heavy atom. The Bertz CT molecular complexity index is 871. The number of esters is 1. The van der Waals surface area contributed by atoms with Crippen LogP contribution in [0, 0.1) is 6.92 Å². The van der Waals surface area contributed by atoms with E-state index in [4.69, 9.17) is 4.74 Å². The molecule has 0 spiro atoms. The van der Waals surface area contributed by atoms with Gasteiger partial charge in [0.2, 0.25) is 5.91 Å². The first-order valence-corrected chi connectivity index (χ1v) is 10.4. The lowest BCUT2D eigenvalue weighted by atomic mass is 10.1. The highest BCUT2D eigenvalue weighted by Gasteiger charge is 2.26. The van der Waals surface area contributed by atoms with E-state index in [1.54, 1.807) is 0 Å². The van der Waals surface area contributed by atoms with Gasteiger partial charge < -0.3 is 10.1 Å². The summed E-state index contributed by atoms with van der Waals surface area (Å²) in [5.74, 6) is -0.500. The van der Waals surface area contributed by atoms with Crippen molar-refractivity contribution in [3.63, 3.8) is 0 Å². The molecular formula is C20H28N4O3S. The molecular weight excluding hydrogens is 376 g/mol. The fourth-order valence-electron chi connectivity index (χ4n) is 3.61. The minimum atomic E-state index is -0.367. The maximum atomic E-state index is 12.6. The second kappa shape index (κ2) is 8.87. The second-order valence-electron chi connectivity index (χ2n) is 7.36. The number of ether oxygens (including phenoxy) is 1. The molecule has 2 heterocycles. The smallest absolute Gasteiger partial charge is 0.341 e. The molecule has 7 nitrogen and oxygen atoms in total. The van der Waals surface area contributed by atoms with Gasteiger partial charge in [0.15, 0.2) is 0 Å². The number of thiophene rings is 1. The minimum Gasteiger partial charge on any atom is -0.465 e. The Balaban J connectivity index is 1.71. The van der Waals surface area contributed by atoms with Crippen molar-refractivity contribution in [3.05, 3.63) is 33.5 Å². The third kappa shape index (κ3) is 4.44. The molecule has 0 radical (unpaired) electrons. The van der Waals surface area contributed by atoms with E-state index < -0.39 is 0 Å². The van der Waals surface area contributed by atoms with Crippen LogP contribution in [0.2, 0.25) is 0 Å². The van der Waals surface area contributed by atoms with Gasteiger partial charge in [0.1, 0.15) is 5.00 Å². The summed E-state index contributed by atoms with van der Waals surface area (Å²) in [4.78, 5) is 28.1. The van der Waals surface area contributed by atoms with Crippen molar-refractivity contribution in [2.75, 3.05) is 26.0 Å². The molecule has 0 aliphatic heterocycles. The zero-order valence-electron chi connectivity index (χ0n) is 17.0. The first kappa shape index (κ1) is 20.5. The number of aryl methyl sites for hydroxylation is 2. The lowest BCUT2D eigenvalue weighted by Gasteiger charge is -2.16. The van der Waals surface area contributed by atoms with E-state index in [0.717, 1.165) is 42.5 Å². The number of hydrogen-bond acceptors (Lipinski definition) is 6. The van der Waals surface area contributed by atoms with Crippen LogP contribution in [0.5, 0.6) is 0 Å². The SMILES string of the molecule is COC(=O)c1c(NC(=O)CN(C)Cc2cnn(C)c2C)sc2c1CCCCC2. The quantitative estimate of drug-likeness (QED) is 0.592. The van der Waals surface area contributed by atoms with Crippen LogP contribution in [0.15, 0.2) is 6.20 Å². The van der Waals surface area contributed by atoms with Gasteiger partial charge in [-0.2, -0.15) is 5.10 Å². The maximum Gasteiger partial charge on any atom is 0.341 e. The molecule has 0 unspecified atom stereocenters. The molecule has 2 aromatic heterocycles. The van der Waals surface area contributed by atoms with Crippen molar-refractivity contribution < 1.29 is 14.3 Å². The molecule has 0 saturated carbocycles. The van der Waals surface area contributed by atoms with Crippen molar-refractivity contribution in [1.82, 2.24) is 14.7 Å². The zero-order chi connectivity index (χ0) is 20.3. The van der Waals surface area contributed by atoms with E-state index in [-0.39, 0.29) is 18.4 Å². The van der Waals surface area contributed by atoms with Crippen molar-refractivity contribution >= 4 is 28.2 Å². The number of carbonyl (C=O) groups is 2. The van der Waals surface area contributed by atoms with E-state index in [9.17, 15) is 9.59 Å². The standard InChI is InChI=1S/C20H28N4O3S/c1-13-14(10-21-24(13)3)11-23(2)12-17(25)22-19-18(20(26)27-4)15-8-6-5-7-9-16(15)28-19/h10H,5-9,11-12H2,1-4H3,(H,22,25). The van der Waals surface area contributed by atoms with Gasteiger partial charge in [-0.05, 0) is 45.2 Å². The topological polar surface area (TPSA) is 76.5 Å². The van der Waals surface area contributed by atoms with Crippen molar-refractivity contribution in [3.8, 4) is 0 Å². The summed E-state index contributed by atoms with van der Waals surface area (Å²) in [5.41, 5.74) is 3.78. The molecule has 152 valence electrons. The number of amides is 1. The molecule has 8 heteroatoms. The molecule has 0 aromatic carbocycles. The normalized spacial score (nSPS) is 13.9. The number of aromatic nitrogens is 2. The van der Waals surface area contributed by atoms with Crippen LogP contribution in [0.4, 0.5) is 5.00 Å². The molecule has 1 N–H and O–H groups in total. The first-order chi connectivity index (χ1) is 13.4. The second-order valence-corrected chi connectivity index (χ2v) is 8.46. The van der Waals surface area contributed by atoms with Gasteiger partial charge in [0, 0.05) is 29.7 Å². The van der Waals surface area contributed by atoms with Crippen LogP contribution < -0.4 is 5.32 Å². The monoisotopic (exact) mass is 404 g/mol. The maximum absolute atomic E-state index is 12.6. The van der Waals surface area contributed by atoms with Gasteiger partial charge in [-0.3, -0.25) is 14.4 Å². The van der Waals surface area contributed by atoms with Gasteiger partial charge in [-0.25, -0.2) is 4.79 Å². The summed E-state index contributed by atoms with van der Waals surface area (Å²) < 4.78 is 6.82. The number of nitrogens with zero attached hydrogens (tertiary/aromatic N) is 3. The molecule has 0 fully saturated rings. The van der Waals surface area contributed by atoms with Gasteiger partial charge in [0.05, 0.1) is 25.4 Å². The number of rotatable bonds is 6. The predicted octanol–water partition coefficient (Wildman–Crippen LogP) is 2.92. The van der Waals surface area contributed by atoms with Crippen LogP contribution in [-0.2, 0) is 36.0 Å². The van der Waals surface area contributed by atoms with E-state index in [0.29, 0.717) is 17.1 Å². The Labute approximate surface area is 169 Å². The fourth-order valence-corrected chi connectivity index (χ4v) is 4.90. The number of methoxy groups -OCH3 is 1. The van der Waals surface area contributed by atoms with Crippen molar-refractivity contribution in [2.24, 2.45) is 7.05 Å². The number of likely N-dealkylation sites (N-methyl/N-ethyl adjacent to an activating group) is 1. The van der Waals surface area contributed by atoms with Crippen LogP contribution >= 0.6 is 11.3 Å². The summed E-state index contributed by atoms with van der Waals surface area (Å²) in [6, 6.07) is 0. The summed E-state index contributed by atoms with van der Waals surface area (Å²) in [6.07, 6.45) is 7.01. The van der Waals surface area contributed by atoms with Crippen molar-refractivity contribution in [1.29, 1.82) is 0 Å². The van der Waals surface area contributed by atoms with E-state index in [2.05, 4.69) is 10.4 Å². The third-order valence-corrected chi connectivity index (χ3v) is 6.46. The Kier molecular flexibility index (Phi) is 6.51. The number of carbonyl (C=O) groups excluding carboxylic acids is 2. The lowest BCUT2D eigenvalue weighted by Crippen LogP contribution is -2.30. The number of fused-ring (bicyclic) bond motifs is 1. The lowest BCUT2D eigenvalue weighted by molar-refractivity contribution is -0.117. The van der Waals surface area contributed by atoms with Crippen LogP contribution in [0.3, 0.4) is 0 Å². The zero-order valence-corrected chi connectivity index (χ0v) is 17.8. The molecule has 1 aliphatic rings. The Morgan fingerprint density at radius 2 is 2.07 bits per heavy atom. The Hall–Kier alpha value is -2.19. The highest BCUT2D eigenvalue weighted by molar-refractivity contribution is 7.17. The van der Waals surface area contributed by atoms with Gasteiger partial charge in [-0.15, -0.1) is 11.3 Å². The molecule has 0 atom stereocenters. The third-order valence-electron chi connectivity index (χ3n) is 5.25. The fraction of sp³-hybridized carbons (Fsp3) is 0.550. The summed E-state index contributed by atoms with van der Waals surface area (Å²) >= 11 is 1.52. The first-order valence-electron chi connectivity index (χ1n) is 9.59. The van der Waals surface area contributed by atoms with E-state index in [1.165, 1.54) is 29.7 Å². The molecule has 1 aliphatic carbocycles. The molecule has 1 amide bonds.